The molecule has 32 heavy (non-hydrogen) atoms. The predicted octanol–water partition coefficient (Wildman–Crippen LogP) is 1.62. The maximum absolute atomic E-state index is 12.9. The van der Waals surface area contributed by atoms with Gasteiger partial charge in [-0.1, -0.05) is 24.3 Å². The summed E-state index contributed by atoms with van der Waals surface area (Å²) in [5, 5.41) is 8.22. The molecule has 0 saturated heterocycles. The molecular weight excluding hydrogens is 412 g/mol. The molecular formula is C23H26N4O5. The molecule has 168 valence electrons. The van der Waals surface area contributed by atoms with E-state index < -0.39 is 24.1 Å². The van der Waals surface area contributed by atoms with Gasteiger partial charge in [0.15, 0.2) is 0 Å². The van der Waals surface area contributed by atoms with Crippen LogP contribution in [0.3, 0.4) is 0 Å². The van der Waals surface area contributed by atoms with Gasteiger partial charge in [-0.05, 0) is 36.6 Å². The van der Waals surface area contributed by atoms with E-state index in [9.17, 15) is 14.4 Å². The van der Waals surface area contributed by atoms with E-state index in [1.54, 1.807) is 26.1 Å². The van der Waals surface area contributed by atoms with Gasteiger partial charge in [0.2, 0.25) is 5.91 Å². The fourth-order valence-corrected chi connectivity index (χ4v) is 4.23. The zero-order valence-corrected chi connectivity index (χ0v) is 18.0. The number of rotatable bonds is 6. The maximum atomic E-state index is 12.9. The van der Waals surface area contributed by atoms with E-state index in [0.29, 0.717) is 24.4 Å². The molecule has 2 aromatic rings. The summed E-state index contributed by atoms with van der Waals surface area (Å²) in [7, 11) is 1.60. The van der Waals surface area contributed by atoms with Gasteiger partial charge in [0.05, 0.1) is 24.5 Å². The predicted molar refractivity (Wildman–Crippen MR) is 115 cm³/mol. The Labute approximate surface area is 185 Å². The second kappa shape index (κ2) is 9.27. The molecule has 0 aliphatic carbocycles. The van der Waals surface area contributed by atoms with Crippen molar-refractivity contribution in [1.29, 1.82) is 0 Å². The first-order chi connectivity index (χ1) is 15.5. The minimum atomic E-state index is -0.789. The zero-order chi connectivity index (χ0) is 22.7. The summed E-state index contributed by atoms with van der Waals surface area (Å²) in [6, 6.07) is 9.65. The number of hydrogen-bond acceptors (Lipinski definition) is 6. The first-order valence-corrected chi connectivity index (χ1v) is 10.5. The van der Waals surface area contributed by atoms with Crippen LogP contribution >= 0.6 is 0 Å². The van der Waals surface area contributed by atoms with E-state index in [4.69, 9.17) is 9.15 Å². The van der Waals surface area contributed by atoms with Crippen molar-refractivity contribution in [1.82, 2.24) is 20.9 Å². The molecule has 0 radical (unpaired) electrons. The van der Waals surface area contributed by atoms with Crippen LogP contribution in [0.5, 0.6) is 0 Å². The molecule has 9 heteroatoms. The Morgan fingerprint density at radius 1 is 1.22 bits per heavy atom. The van der Waals surface area contributed by atoms with Crippen molar-refractivity contribution in [2.45, 2.75) is 32.0 Å². The van der Waals surface area contributed by atoms with Crippen LogP contribution in [0.1, 0.15) is 29.9 Å². The summed E-state index contributed by atoms with van der Waals surface area (Å²) < 4.78 is 10.8. The third-order valence-electron chi connectivity index (χ3n) is 5.73. The summed E-state index contributed by atoms with van der Waals surface area (Å²) in [5.41, 5.74) is 2.87. The largest absolute Gasteiger partial charge is 0.467 e. The maximum Gasteiger partial charge on any atom is 0.338 e. The number of ether oxygens (including phenoxy) is 1. The molecule has 3 N–H and O–H groups in total. The minimum absolute atomic E-state index is 0.124. The van der Waals surface area contributed by atoms with Gasteiger partial charge in [-0.2, -0.15) is 0 Å². The summed E-state index contributed by atoms with van der Waals surface area (Å²) >= 11 is 0. The highest BCUT2D eigenvalue weighted by Gasteiger charge is 2.38. The fourth-order valence-electron chi connectivity index (χ4n) is 4.23. The van der Waals surface area contributed by atoms with Crippen molar-refractivity contribution in [2.75, 3.05) is 20.2 Å². The molecule has 0 bridgehead atoms. The molecule has 0 fully saturated rings. The zero-order valence-electron chi connectivity index (χ0n) is 18.0. The second-order valence-corrected chi connectivity index (χ2v) is 7.67. The Morgan fingerprint density at radius 2 is 2.00 bits per heavy atom. The summed E-state index contributed by atoms with van der Waals surface area (Å²) in [6.45, 7) is 2.60. The standard InChI is InChI=1S/C23H26N4O5/c1-3-31-22(29)19-16(25-23(30)26-20(19)18-9-6-10-32-18)13-27-12-15-8-5-4-7-14(15)11-17(27)21(28)24-2/h4-10,17,20H,3,11-13H2,1-2H3,(H,24,28)(H2,25,26,30)/t17-,20+/m1/s1. The van der Waals surface area contributed by atoms with E-state index in [1.165, 1.54) is 6.26 Å². The van der Waals surface area contributed by atoms with E-state index in [-0.39, 0.29) is 24.6 Å². The number of urea groups is 1. The van der Waals surface area contributed by atoms with Crippen molar-refractivity contribution in [2.24, 2.45) is 0 Å². The molecule has 1 aromatic heterocycles. The number of benzene rings is 1. The highest BCUT2D eigenvalue weighted by Crippen LogP contribution is 2.30. The van der Waals surface area contributed by atoms with Crippen molar-refractivity contribution < 1.29 is 23.5 Å². The summed E-state index contributed by atoms with van der Waals surface area (Å²) in [4.78, 5) is 40.0. The van der Waals surface area contributed by atoms with Gasteiger partial charge in [0.1, 0.15) is 11.8 Å². The fraction of sp³-hybridized carbons (Fsp3) is 0.348. The number of hydrogen-bond donors (Lipinski definition) is 3. The topological polar surface area (TPSA) is 113 Å². The normalized spacial score (nSPS) is 20.8. The van der Waals surface area contributed by atoms with Gasteiger partial charge in [0, 0.05) is 25.8 Å². The first kappa shape index (κ1) is 21.6. The summed E-state index contributed by atoms with van der Waals surface area (Å²) in [5.74, 6) is -0.252. The number of nitrogens with zero attached hydrogens (tertiary/aromatic N) is 1. The SMILES string of the molecule is CCOC(=O)C1=C(CN2Cc3ccccc3C[C@@H]2C(=O)NC)NC(=O)N[C@H]1c1ccco1. The minimum Gasteiger partial charge on any atom is -0.467 e. The lowest BCUT2D eigenvalue weighted by Gasteiger charge is -2.38. The Bertz CT molecular complexity index is 1050. The van der Waals surface area contributed by atoms with E-state index >= 15 is 0 Å². The van der Waals surface area contributed by atoms with E-state index in [1.807, 2.05) is 29.2 Å². The Hall–Kier alpha value is -3.59. The van der Waals surface area contributed by atoms with Gasteiger partial charge in [-0.15, -0.1) is 0 Å². The molecule has 9 nitrogen and oxygen atoms in total. The Balaban J connectivity index is 1.74. The number of furan rings is 1. The molecule has 2 aliphatic rings. The molecule has 2 atom stereocenters. The average molecular weight is 438 g/mol. The second-order valence-electron chi connectivity index (χ2n) is 7.67. The Kier molecular flexibility index (Phi) is 6.27. The summed E-state index contributed by atoms with van der Waals surface area (Å²) in [6.07, 6.45) is 2.01. The number of esters is 1. The number of carbonyl (C=O) groups is 3. The van der Waals surface area contributed by atoms with Crippen LogP contribution < -0.4 is 16.0 Å². The van der Waals surface area contributed by atoms with Crippen LogP contribution in [-0.2, 0) is 27.3 Å². The molecule has 4 rings (SSSR count). The van der Waals surface area contributed by atoms with Gasteiger partial charge in [0.25, 0.3) is 0 Å². The first-order valence-electron chi connectivity index (χ1n) is 10.5. The van der Waals surface area contributed by atoms with E-state index in [2.05, 4.69) is 16.0 Å². The molecule has 2 aliphatic heterocycles. The Morgan fingerprint density at radius 3 is 2.69 bits per heavy atom. The van der Waals surface area contributed by atoms with Crippen LogP contribution in [0.4, 0.5) is 4.79 Å². The lowest BCUT2D eigenvalue weighted by molar-refractivity contribution is -0.139. The highest BCUT2D eigenvalue weighted by atomic mass is 16.5. The molecule has 1 aromatic carbocycles. The van der Waals surface area contributed by atoms with Crippen molar-refractivity contribution in [3.8, 4) is 0 Å². The van der Waals surface area contributed by atoms with Crippen LogP contribution in [0.15, 0.2) is 58.3 Å². The number of fused-ring (bicyclic) bond motifs is 1. The number of likely N-dealkylation sites (N-methyl/N-ethyl adjacent to an activating group) is 1. The molecule has 3 amide bonds. The molecule has 0 spiro atoms. The number of carbonyl (C=O) groups excluding carboxylic acids is 3. The van der Waals surface area contributed by atoms with Gasteiger partial charge in [-0.3, -0.25) is 9.69 Å². The van der Waals surface area contributed by atoms with Crippen molar-refractivity contribution in [3.63, 3.8) is 0 Å². The van der Waals surface area contributed by atoms with Gasteiger partial charge < -0.3 is 25.1 Å². The lowest BCUT2D eigenvalue weighted by atomic mass is 9.92. The molecule has 0 unspecified atom stereocenters. The van der Waals surface area contributed by atoms with Crippen LogP contribution in [-0.4, -0.2) is 49.0 Å². The van der Waals surface area contributed by atoms with Crippen LogP contribution in [0.2, 0.25) is 0 Å². The van der Waals surface area contributed by atoms with E-state index in [0.717, 1.165) is 11.1 Å². The third-order valence-corrected chi connectivity index (χ3v) is 5.73. The average Bonchev–Trinajstić information content (AvgIpc) is 3.32. The van der Waals surface area contributed by atoms with Gasteiger partial charge in [-0.25, -0.2) is 9.59 Å². The number of nitrogens with one attached hydrogen (secondary N) is 3. The van der Waals surface area contributed by atoms with Gasteiger partial charge >= 0.3 is 12.0 Å². The highest BCUT2D eigenvalue weighted by molar-refractivity contribution is 5.95. The van der Waals surface area contributed by atoms with Crippen molar-refractivity contribution in [3.05, 3.63) is 70.8 Å². The quantitative estimate of drug-likeness (QED) is 0.591. The lowest BCUT2D eigenvalue weighted by Crippen LogP contribution is -2.53. The van der Waals surface area contributed by atoms with Crippen LogP contribution in [0, 0.1) is 0 Å². The van der Waals surface area contributed by atoms with Crippen molar-refractivity contribution >= 4 is 17.9 Å². The smallest absolute Gasteiger partial charge is 0.338 e. The monoisotopic (exact) mass is 438 g/mol. The third kappa shape index (κ3) is 4.24. The number of amides is 3. The molecule has 0 saturated carbocycles. The van der Waals surface area contributed by atoms with Crippen LogP contribution in [0.25, 0.3) is 0 Å². The molecule has 3 heterocycles.